The van der Waals surface area contributed by atoms with E-state index >= 15 is 0 Å². The van der Waals surface area contributed by atoms with Gasteiger partial charge in [-0.05, 0) is 25.8 Å². The molecular weight excluding hydrogens is 221 g/mol. The Morgan fingerprint density at radius 3 is 1.94 bits per heavy atom. The number of likely N-dealkylation sites (tertiary alicyclic amines) is 1. The minimum atomic E-state index is 0. The third-order valence-corrected chi connectivity index (χ3v) is 2.01. The van der Waals surface area contributed by atoms with Gasteiger partial charge in [0.25, 0.3) is 0 Å². The van der Waals surface area contributed by atoms with Crippen molar-refractivity contribution >= 4 is 14.3 Å². The molecular formula is C15H35BNO. The summed E-state index contributed by atoms with van der Waals surface area (Å²) in [4.78, 5) is 12.9. The SMILES string of the molecule is C.C.C=CC(=O)N1CCCC1C.CC.CCC.[B]. The van der Waals surface area contributed by atoms with E-state index in [-0.39, 0.29) is 29.2 Å². The molecule has 3 radical (unpaired) electrons. The van der Waals surface area contributed by atoms with Crippen LogP contribution in [0.25, 0.3) is 0 Å². The van der Waals surface area contributed by atoms with E-state index in [0.717, 1.165) is 19.4 Å². The van der Waals surface area contributed by atoms with Gasteiger partial charge in [-0.2, -0.15) is 0 Å². The molecule has 109 valence electrons. The second kappa shape index (κ2) is 21.5. The van der Waals surface area contributed by atoms with Crippen molar-refractivity contribution in [2.75, 3.05) is 6.54 Å². The molecule has 0 N–H and O–H groups in total. The number of rotatable bonds is 1. The third-order valence-electron chi connectivity index (χ3n) is 2.01. The van der Waals surface area contributed by atoms with Crippen LogP contribution in [0.1, 0.15) is 68.7 Å². The van der Waals surface area contributed by atoms with Gasteiger partial charge in [0.05, 0.1) is 0 Å². The van der Waals surface area contributed by atoms with E-state index in [9.17, 15) is 4.79 Å². The van der Waals surface area contributed by atoms with Crippen LogP contribution in [0.15, 0.2) is 12.7 Å². The molecule has 1 aliphatic heterocycles. The molecule has 2 nitrogen and oxygen atoms in total. The Labute approximate surface area is 118 Å². The Bertz CT molecular complexity index is 172. The van der Waals surface area contributed by atoms with Crippen LogP contribution in [0.5, 0.6) is 0 Å². The first-order chi connectivity index (χ1) is 7.17. The van der Waals surface area contributed by atoms with Crippen LogP contribution >= 0.6 is 0 Å². The summed E-state index contributed by atoms with van der Waals surface area (Å²) in [6.07, 6.45) is 4.92. The van der Waals surface area contributed by atoms with Crippen molar-refractivity contribution in [3.8, 4) is 0 Å². The molecule has 3 heteroatoms. The average molecular weight is 256 g/mol. The van der Waals surface area contributed by atoms with Gasteiger partial charge in [0.1, 0.15) is 0 Å². The van der Waals surface area contributed by atoms with E-state index in [0.29, 0.717) is 6.04 Å². The molecule has 1 heterocycles. The lowest BCUT2D eigenvalue weighted by Gasteiger charge is -2.18. The molecule has 1 rings (SSSR count). The lowest BCUT2D eigenvalue weighted by atomic mass is 10.2. The van der Waals surface area contributed by atoms with Crippen molar-refractivity contribution in [3.05, 3.63) is 12.7 Å². The van der Waals surface area contributed by atoms with Crippen molar-refractivity contribution in [2.24, 2.45) is 0 Å². The number of carbonyl (C=O) groups is 1. The number of hydrogen-bond acceptors (Lipinski definition) is 1. The summed E-state index contributed by atoms with van der Waals surface area (Å²) < 4.78 is 0. The molecule has 1 atom stereocenters. The molecule has 0 saturated carbocycles. The monoisotopic (exact) mass is 256 g/mol. The number of carbonyl (C=O) groups excluding carboxylic acids is 1. The predicted octanol–water partition coefficient (Wildman–Crippen LogP) is 4.52. The molecule has 0 aromatic carbocycles. The van der Waals surface area contributed by atoms with Gasteiger partial charge < -0.3 is 4.90 Å². The van der Waals surface area contributed by atoms with Crippen LogP contribution in [0, 0.1) is 0 Å². The Hall–Kier alpha value is -0.725. The Morgan fingerprint density at radius 1 is 1.33 bits per heavy atom. The van der Waals surface area contributed by atoms with Crippen molar-refractivity contribution in [1.29, 1.82) is 0 Å². The first kappa shape index (κ1) is 30.4. The molecule has 18 heavy (non-hydrogen) atoms. The number of amides is 1. The largest absolute Gasteiger partial charge is 0.336 e. The Balaban J connectivity index is -0.0000000627. The van der Waals surface area contributed by atoms with E-state index in [1.807, 2.05) is 18.7 Å². The Morgan fingerprint density at radius 2 is 1.72 bits per heavy atom. The number of hydrogen-bond donors (Lipinski definition) is 0. The summed E-state index contributed by atoms with van der Waals surface area (Å²) in [6.45, 7) is 14.7. The summed E-state index contributed by atoms with van der Waals surface area (Å²) >= 11 is 0. The third kappa shape index (κ3) is 13.3. The van der Waals surface area contributed by atoms with Gasteiger partial charge in [-0.25, -0.2) is 0 Å². The van der Waals surface area contributed by atoms with Crippen LogP contribution in [-0.4, -0.2) is 31.8 Å². The van der Waals surface area contributed by atoms with Crippen molar-refractivity contribution < 1.29 is 4.79 Å². The second-order valence-electron chi connectivity index (χ2n) is 3.43. The lowest BCUT2D eigenvalue weighted by Crippen LogP contribution is -2.31. The summed E-state index contributed by atoms with van der Waals surface area (Å²) in [7, 11) is 0. The molecule has 0 aliphatic carbocycles. The molecule has 1 aliphatic rings. The van der Waals surface area contributed by atoms with Gasteiger partial charge in [-0.3, -0.25) is 4.79 Å². The van der Waals surface area contributed by atoms with Crippen molar-refractivity contribution in [3.63, 3.8) is 0 Å². The standard InChI is InChI=1S/C8H13NO.C3H8.C2H6.2CH4.B/c1-3-8(10)9-6-4-5-7(9)2;1-3-2;1-2;;;/h3,7H,1,4-6H2,2H3;3H2,1-2H3;1-2H3;2*1H4;. The molecule has 1 amide bonds. The van der Waals surface area contributed by atoms with Crippen LogP contribution in [0.4, 0.5) is 0 Å². The molecule has 0 aromatic rings. The first-order valence-corrected chi connectivity index (χ1v) is 6.10. The fourth-order valence-electron chi connectivity index (χ4n) is 1.38. The zero-order chi connectivity index (χ0) is 12.3. The zero-order valence-electron chi connectivity index (χ0n) is 11.6. The maximum Gasteiger partial charge on any atom is 0.246 e. The Kier molecular flexibility index (Phi) is 36.4. The molecule has 1 fully saturated rings. The molecule has 1 unspecified atom stereocenters. The smallest absolute Gasteiger partial charge is 0.246 e. The van der Waals surface area contributed by atoms with Gasteiger partial charge in [0.2, 0.25) is 5.91 Å². The molecule has 0 bridgehead atoms. The van der Waals surface area contributed by atoms with Gasteiger partial charge in [-0.15, -0.1) is 0 Å². The van der Waals surface area contributed by atoms with E-state index < -0.39 is 0 Å². The average Bonchev–Trinajstić information content (AvgIpc) is 2.68. The lowest BCUT2D eigenvalue weighted by molar-refractivity contribution is -0.126. The summed E-state index contributed by atoms with van der Waals surface area (Å²) in [5, 5.41) is 0. The van der Waals surface area contributed by atoms with Gasteiger partial charge in [0.15, 0.2) is 0 Å². The van der Waals surface area contributed by atoms with E-state index in [2.05, 4.69) is 27.4 Å². The van der Waals surface area contributed by atoms with Crippen molar-refractivity contribution in [2.45, 2.75) is 74.8 Å². The van der Waals surface area contributed by atoms with E-state index in [1.54, 1.807) is 0 Å². The summed E-state index contributed by atoms with van der Waals surface area (Å²) in [5.41, 5.74) is 0. The first-order valence-electron chi connectivity index (χ1n) is 6.10. The summed E-state index contributed by atoms with van der Waals surface area (Å²) in [5.74, 6) is 0.0741. The minimum Gasteiger partial charge on any atom is -0.336 e. The second-order valence-corrected chi connectivity index (χ2v) is 3.43. The highest BCUT2D eigenvalue weighted by Gasteiger charge is 2.22. The van der Waals surface area contributed by atoms with E-state index in [4.69, 9.17) is 0 Å². The number of nitrogens with zero attached hydrogens (tertiary/aromatic N) is 1. The van der Waals surface area contributed by atoms with E-state index in [1.165, 1.54) is 12.5 Å². The highest BCUT2D eigenvalue weighted by atomic mass is 16.2. The normalized spacial score (nSPS) is 15.2. The van der Waals surface area contributed by atoms with Gasteiger partial charge in [0, 0.05) is 21.0 Å². The fourth-order valence-corrected chi connectivity index (χ4v) is 1.38. The molecule has 0 aromatic heterocycles. The van der Waals surface area contributed by atoms with Crippen molar-refractivity contribution in [1.82, 2.24) is 4.90 Å². The van der Waals surface area contributed by atoms with Gasteiger partial charge in [-0.1, -0.05) is 55.5 Å². The quantitative estimate of drug-likeness (QED) is 0.499. The maximum atomic E-state index is 11.0. The van der Waals surface area contributed by atoms with Crippen LogP contribution in [0.3, 0.4) is 0 Å². The zero-order valence-corrected chi connectivity index (χ0v) is 11.6. The predicted molar refractivity (Wildman–Crippen MR) is 87.1 cm³/mol. The highest BCUT2D eigenvalue weighted by Crippen LogP contribution is 2.15. The van der Waals surface area contributed by atoms with Crippen LogP contribution < -0.4 is 0 Å². The highest BCUT2D eigenvalue weighted by molar-refractivity contribution is 5.87. The maximum absolute atomic E-state index is 11.0. The topological polar surface area (TPSA) is 20.3 Å². The molecule has 1 saturated heterocycles. The fraction of sp³-hybridized carbons (Fsp3) is 0.800. The van der Waals surface area contributed by atoms with Crippen LogP contribution in [0.2, 0.25) is 0 Å². The van der Waals surface area contributed by atoms with Gasteiger partial charge >= 0.3 is 0 Å². The molecule has 0 spiro atoms. The minimum absolute atomic E-state index is 0. The summed E-state index contributed by atoms with van der Waals surface area (Å²) in [6, 6.07) is 0.422. The van der Waals surface area contributed by atoms with Crippen LogP contribution in [-0.2, 0) is 4.79 Å².